The molecule has 1 aromatic rings. The molecule has 6 heteroatoms. The molecule has 1 atom stereocenters. The molecule has 1 saturated heterocycles. The van der Waals surface area contributed by atoms with Crippen molar-refractivity contribution in [1.29, 1.82) is 0 Å². The van der Waals surface area contributed by atoms with Crippen LogP contribution in [0.15, 0.2) is 11.0 Å². The molecule has 5 nitrogen and oxygen atoms in total. The zero-order chi connectivity index (χ0) is 10.8. The summed E-state index contributed by atoms with van der Waals surface area (Å²) in [7, 11) is 1.57. The Morgan fingerprint density at radius 2 is 2.53 bits per heavy atom. The number of hydrogen-bond donors (Lipinski definition) is 1. The third-order valence-electron chi connectivity index (χ3n) is 2.37. The Labute approximate surface area is 92.0 Å². The quantitative estimate of drug-likeness (QED) is 0.809. The lowest BCUT2D eigenvalue weighted by molar-refractivity contribution is 0.195. The highest BCUT2D eigenvalue weighted by Crippen LogP contribution is 2.18. The molecule has 0 aromatic carbocycles. The first-order valence-electron chi connectivity index (χ1n) is 4.74. The van der Waals surface area contributed by atoms with Crippen LogP contribution in [-0.2, 0) is 11.8 Å². The van der Waals surface area contributed by atoms with Gasteiger partial charge in [-0.3, -0.25) is 4.79 Å². The maximum Gasteiger partial charge on any atom is 0.287 e. The van der Waals surface area contributed by atoms with E-state index in [0.717, 1.165) is 13.0 Å². The lowest BCUT2D eigenvalue weighted by Gasteiger charge is -2.12. The van der Waals surface area contributed by atoms with Crippen molar-refractivity contribution in [3.8, 4) is 0 Å². The number of ether oxygens (including phenoxy) is 1. The Balaban J connectivity index is 2.21. The van der Waals surface area contributed by atoms with E-state index in [2.05, 4.69) is 10.4 Å². The Morgan fingerprint density at radius 3 is 3.20 bits per heavy atom. The number of nitrogens with one attached hydrogen (secondary N) is 1. The van der Waals surface area contributed by atoms with Gasteiger partial charge in [0.1, 0.15) is 5.02 Å². The van der Waals surface area contributed by atoms with E-state index >= 15 is 0 Å². The van der Waals surface area contributed by atoms with Crippen molar-refractivity contribution in [2.45, 2.75) is 12.5 Å². The van der Waals surface area contributed by atoms with Crippen molar-refractivity contribution in [2.75, 3.05) is 18.5 Å². The molecule has 1 unspecified atom stereocenters. The molecule has 1 aliphatic heterocycles. The van der Waals surface area contributed by atoms with Crippen molar-refractivity contribution in [3.05, 3.63) is 21.6 Å². The van der Waals surface area contributed by atoms with Crippen molar-refractivity contribution in [2.24, 2.45) is 7.05 Å². The van der Waals surface area contributed by atoms with Gasteiger partial charge in [-0.2, -0.15) is 5.10 Å². The predicted molar refractivity (Wildman–Crippen MR) is 57.3 cm³/mol. The SMILES string of the molecule is Cn1ncc(NC2CCOC2)c(Cl)c1=O. The highest BCUT2D eigenvalue weighted by molar-refractivity contribution is 6.32. The van der Waals surface area contributed by atoms with Crippen molar-refractivity contribution < 1.29 is 4.74 Å². The summed E-state index contributed by atoms with van der Waals surface area (Å²) in [4.78, 5) is 11.5. The zero-order valence-electron chi connectivity index (χ0n) is 8.36. The average molecular weight is 230 g/mol. The molecule has 15 heavy (non-hydrogen) atoms. The fraction of sp³-hybridized carbons (Fsp3) is 0.556. The van der Waals surface area contributed by atoms with Gasteiger partial charge in [0.25, 0.3) is 5.56 Å². The van der Waals surface area contributed by atoms with Gasteiger partial charge >= 0.3 is 0 Å². The van der Waals surface area contributed by atoms with Gasteiger partial charge in [-0.05, 0) is 6.42 Å². The average Bonchev–Trinajstić information content (AvgIpc) is 2.72. The van der Waals surface area contributed by atoms with E-state index in [-0.39, 0.29) is 16.6 Å². The summed E-state index contributed by atoms with van der Waals surface area (Å²) in [5, 5.41) is 7.22. The van der Waals surface area contributed by atoms with E-state index in [1.165, 1.54) is 4.68 Å². The van der Waals surface area contributed by atoms with Crippen molar-refractivity contribution in [1.82, 2.24) is 9.78 Å². The molecule has 1 fully saturated rings. The third-order valence-corrected chi connectivity index (χ3v) is 2.73. The molecule has 1 N–H and O–H groups in total. The fourth-order valence-corrected chi connectivity index (χ4v) is 1.71. The van der Waals surface area contributed by atoms with Crippen molar-refractivity contribution >= 4 is 17.3 Å². The molecule has 0 radical (unpaired) electrons. The topological polar surface area (TPSA) is 56.1 Å². The number of nitrogens with zero attached hydrogens (tertiary/aromatic N) is 2. The van der Waals surface area contributed by atoms with E-state index < -0.39 is 0 Å². The van der Waals surface area contributed by atoms with Gasteiger partial charge in [0.05, 0.1) is 24.5 Å². The van der Waals surface area contributed by atoms with Crippen LogP contribution < -0.4 is 10.9 Å². The summed E-state index contributed by atoms with van der Waals surface area (Å²) >= 11 is 5.90. The van der Waals surface area contributed by atoms with Crippen LogP contribution in [0.25, 0.3) is 0 Å². The zero-order valence-corrected chi connectivity index (χ0v) is 9.12. The minimum atomic E-state index is -0.291. The normalized spacial score (nSPS) is 20.5. The molecule has 82 valence electrons. The van der Waals surface area contributed by atoms with Gasteiger partial charge in [0.15, 0.2) is 0 Å². The van der Waals surface area contributed by atoms with E-state index in [4.69, 9.17) is 16.3 Å². The lowest BCUT2D eigenvalue weighted by atomic mass is 10.2. The summed E-state index contributed by atoms with van der Waals surface area (Å²) in [5.74, 6) is 0. The molecule has 1 aliphatic rings. The summed E-state index contributed by atoms with van der Waals surface area (Å²) < 4.78 is 6.42. The summed E-state index contributed by atoms with van der Waals surface area (Å²) in [6.45, 7) is 1.39. The van der Waals surface area contributed by atoms with Crippen LogP contribution in [0, 0.1) is 0 Å². The molecule has 0 bridgehead atoms. The third kappa shape index (κ3) is 2.13. The molecule has 0 amide bonds. The molecule has 2 heterocycles. The first kappa shape index (κ1) is 10.4. The van der Waals surface area contributed by atoms with Crippen LogP contribution in [0.5, 0.6) is 0 Å². The Hall–Kier alpha value is -1.07. The number of anilines is 1. The first-order valence-corrected chi connectivity index (χ1v) is 5.12. The predicted octanol–water partition coefficient (Wildman–Crippen LogP) is 0.635. The largest absolute Gasteiger partial charge is 0.379 e. The maximum absolute atomic E-state index is 11.5. The minimum absolute atomic E-state index is 0.180. The number of halogens is 1. The summed E-state index contributed by atoms with van der Waals surface area (Å²) in [6, 6.07) is 0.219. The standard InChI is InChI=1S/C9H12ClN3O2/c1-13-9(14)8(10)7(4-11-13)12-6-2-3-15-5-6/h4,6,12H,2-3,5H2,1H3. The van der Waals surface area contributed by atoms with Gasteiger partial charge in [0, 0.05) is 13.7 Å². The molecule has 1 aromatic heterocycles. The van der Waals surface area contributed by atoms with Gasteiger partial charge < -0.3 is 10.1 Å². The van der Waals surface area contributed by atoms with Crippen molar-refractivity contribution in [3.63, 3.8) is 0 Å². The molecule has 2 rings (SSSR count). The van der Waals surface area contributed by atoms with E-state index in [1.54, 1.807) is 13.2 Å². The number of hydrogen-bond acceptors (Lipinski definition) is 4. The molecule has 0 saturated carbocycles. The number of aryl methyl sites for hydroxylation is 1. The molecular formula is C9H12ClN3O2. The Kier molecular flexibility index (Phi) is 2.93. The van der Waals surface area contributed by atoms with Crippen LogP contribution in [0.3, 0.4) is 0 Å². The van der Waals surface area contributed by atoms with E-state index in [1.807, 2.05) is 0 Å². The van der Waals surface area contributed by atoms with E-state index in [0.29, 0.717) is 12.3 Å². The molecule has 0 aliphatic carbocycles. The second kappa shape index (κ2) is 4.20. The monoisotopic (exact) mass is 229 g/mol. The Bertz CT molecular complexity index is 412. The van der Waals surface area contributed by atoms with Crippen LogP contribution in [-0.4, -0.2) is 29.0 Å². The molecular weight excluding hydrogens is 218 g/mol. The van der Waals surface area contributed by atoms with Crippen LogP contribution in [0.2, 0.25) is 5.02 Å². The highest BCUT2D eigenvalue weighted by atomic mass is 35.5. The van der Waals surface area contributed by atoms with Gasteiger partial charge in [0.2, 0.25) is 0 Å². The number of aromatic nitrogens is 2. The summed E-state index contributed by atoms with van der Waals surface area (Å²) in [5.41, 5.74) is 0.288. The second-order valence-electron chi connectivity index (χ2n) is 3.51. The highest BCUT2D eigenvalue weighted by Gasteiger charge is 2.17. The van der Waals surface area contributed by atoms with Gasteiger partial charge in [-0.25, -0.2) is 4.68 Å². The summed E-state index contributed by atoms with van der Waals surface area (Å²) in [6.07, 6.45) is 2.48. The van der Waals surface area contributed by atoms with E-state index in [9.17, 15) is 4.79 Å². The van der Waals surface area contributed by atoms with Crippen LogP contribution in [0.1, 0.15) is 6.42 Å². The van der Waals surface area contributed by atoms with Gasteiger partial charge in [-0.1, -0.05) is 11.6 Å². The smallest absolute Gasteiger partial charge is 0.287 e. The molecule has 0 spiro atoms. The van der Waals surface area contributed by atoms with Crippen LogP contribution >= 0.6 is 11.6 Å². The van der Waals surface area contributed by atoms with Crippen LogP contribution in [0.4, 0.5) is 5.69 Å². The lowest BCUT2D eigenvalue weighted by Crippen LogP contribution is -2.25. The van der Waals surface area contributed by atoms with Gasteiger partial charge in [-0.15, -0.1) is 0 Å². The second-order valence-corrected chi connectivity index (χ2v) is 3.88. The fourth-order valence-electron chi connectivity index (χ4n) is 1.48. The minimum Gasteiger partial charge on any atom is -0.379 e. The Morgan fingerprint density at radius 1 is 1.73 bits per heavy atom. The number of rotatable bonds is 2. The first-order chi connectivity index (χ1) is 7.18. The maximum atomic E-state index is 11.5.